The van der Waals surface area contributed by atoms with E-state index < -0.39 is 53.7 Å². The highest BCUT2D eigenvalue weighted by Crippen LogP contribution is 2.55. The van der Waals surface area contributed by atoms with Crippen LogP contribution in [0.2, 0.25) is 0 Å². The Morgan fingerprint density at radius 1 is 1.20 bits per heavy atom. The summed E-state index contributed by atoms with van der Waals surface area (Å²) >= 11 is 0. The highest BCUT2D eigenvalue weighted by atomic mass is 19.3. The van der Waals surface area contributed by atoms with Gasteiger partial charge in [0.1, 0.15) is 23.1 Å². The van der Waals surface area contributed by atoms with Crippen LogP contribution in [-0.2, 0) is 16.1 Å². The van der Waals surface area contributed by atoms with Crippen molar-refractivity contribution in [3.63, 3.8) is 0 Å². The molecule has 192 valence electrons. The number of methoxy groups -OCH3 is 1. The van der Waals surface area contributed by atoms with E-state index >= 15 is 4.39 Å². The van der Waals surface area contributed by atoms with Crippen LogP contribution >= 0.6 is 0 Å². The minimum absolute atomic E-state index is 0.0694. The Bertz CT molecular complexity index is 1010. The molecule has 4 rings (SSSR count). The van der Waals surface area contributed by atoms with Gasteiger partial charge in [-0.1, -0.05) is 39.0 Å². The quantitative estimate of drug-likeness (QED) is 0.501. The number of hydrogen-bond acceptors (Lipinski definition) is 4. The first kappa shape index (κ1) is 25.8. The van der Waals surface area contributed by atoms with Crippen LogP contribution in [0.3, 0.4) is 0 Å². The number of rotatable bonds is 7. The SMILES string of the molecule is COc1ccc(CN2CC(OC3(C(C)(C)C)C=C(F)C(C(=O)O)C=C3C3CC3)CC(F)(F)C2)cc1. The van der Waals surface area contributed by atoms with Gasteiger partial charge in [0.05, 0.1) is 19.8 Å². The number of carboxylic acid groups (broad SMARTS) is 1. The fourth-order valence-corrected chi connectivity index (χ4v) is 5.29. The molecule has 35 heavy (non-hydrogen) atoms. The number of halogens is 3. The van der Waals surface area contributed by atoms with Crippen LogP contribution in [0.25, 0.3) is 0 Å². The summed E-state index contributed by atoms with van der Waals surface area (Å²) in [6, 6.07) is 7.27. The van der Waals surface area contributed by atoms with Crippen molar-refractivity contribution in [3.05, 3.63) is 53.4 Å². The average molecular weight is 494 g/mol. The Morgan fingerprint density at radius 2 is 1.86 bits per heavy atom. The van der Waals surface area contributed by atoms with Crippen molar-refractivity contribution in [1.82, 2.24) is 4.90 Å². The third-order valence-electron chi connectivity index (χ3n) is 7.17. The van der Waals surface area contributed by atoms with Crippen LogP contribution in [0.4, 0.5) is 13.2 Å². The maximum atomic E-state index is 15.1. The van der Waals surface area contributed by atoms with Crippen LogP contribution in [0.15, 0.2) is 47.8 Å². The Morgan fingerprint density at radius 3 is 2.40 bits per heavy atom. The van der Waals surface area contributed by atoms with E-state index in [0.29, 0.717) is 17.9 Å². The number of carboxylic acids is 1. The van der Waals surface area contributed by atoms with Gasteiger partial charge in [0.25, 0.3) is 5.92 Å². The second kappa shape index (κ2) is 9.28. The topological polar surface area (TPSA) is 59.0 Å². The molecule has 0 spiro atoms. The molecule has 2 aliphatic carbocycles. The number of alkyl halides is 2. The van der Waals surface area contributed by atoms with E-state index in [-0.39, 0.29) is 12.5 Å². The first-order valence-corrected chi connectivity index (χ1v) is 12.1. The number of ether oxygens (including phenoxy) is 2. The predicted molar refractivity (Wildman–Crippen MR) is 126 cm³/mol. The normalized spacial score (nSPS) is 29.3. The van der Waals surface area contributed by atoms with Gasteiger partial charge in [0, 0.05) is 19.5 Å². The molecule has 2 fully saturated rings. The van der Waals surface area contributed by atoms with Gasteiger partial charge < -0.3 is 14.6 Å². The summed E-state index contributed by atoms with van der Waals surface area (Å²) in [6.45, 7) is 5.82. The number of benzene rings is 1. The molecule has 1 saturated carbocycles. The summed E-state index contributed by atoms with van der Waals surface area (Å²) in [5, 5.41) is 9.52. The molecular formula is C27H34F3NO4. The summed E-state index contributed by atoms with van der Waals surface area (Å²) in [5.41, 5.74) is -0.405. The van der Waals surface area contributed by atoms with Gasteiger partial charge in [0.15, 0.2) is 0 Å². The lowest BCUT2D eigenvalue weighted by Gasteiger charge is -2.50. The Balaban J connectivity index is 1.62. The first-order chi connectivity index (χ1) is 16.3. The summed E-state index contributed by atoms with van der Waals surface area (Å²) in [5.74, 6) is -5.66. The number of hydrogen-bond donors (Lipinski definition) is 1. The van der Waals surface area contributed by atoms with Crippen molar-refractivity contribution >= 4 is 5.97 Å². The predicted octanol–water partition coefficient (Wildman–Crippen LogP) is 5.61. The molecule has 0 amide bonds. The van der Waals surface area contributed by atoms with E-state index in [9.17, 15) is 18.7 Å². The summed E-state index contributed by atoms with van der Waals surface area (Å²) < 4.78 is 56.6. The molecule has 3 atom stereocenters. The van der Waals surface area contributed by atoms with Gasteiger partial charge in [-0.3, -0.25) is 9.69 Å². The van der Waals surface area contributed by atoms with Crippen molar-refractivity contribution in [2.45, 2.75) is 64.2 Å². The molecule has 1 aromatic rings. The molecule has 0 aromatic heterocycles. The molecule has 1 aliphatic heterocycles. The van der Waals surface area contributed by atoms with Crippen molar-refractivity contribution in [2.24, 2.45) is 17.3 Å². The molecule has 0 radical (unpaired) electrons. The van der Waals surface area contributed by atoms with E-state index in [1.165, 1.54) is 12.2 Å². The lowest BCUT2D eigenvalue weighted by Crippen LogP contribution is -2.56. The molecule has 5 nitrogen and oxygen atoms in total. The number of nitrogens with zero attached hydrogens (tertiary/aromatic N) is 1. The maximum Gasteiger partial charge on any atom is 0.317 e. The second-order valence-corrected chi connectivity index (χ2v) is 11.0. The zero-order valence-electron chi connectivity index (χ0n) is 20.7. The van der Waals surface area contributed by atoms with E-state index in [0.717, 1.165) is 18.4 Å². The molecule has 0 bridgehead atoms. The maximum absolute atomic E-state index is 15.1. The standard InChI is InChI=1S/C27H34F3NO4/c1-25(2,3)27(13-23(28)21(24(32)33)11-22(27)18-7-8-18)35-20-12-26(29,30)16-31(15-20)14-17-5-9-19(34-4)10-6-17/h5-6,9-11,13,18,20-21H,7-8,12,14-16H2,1-4H3,(H,32,33). The Labute approximate surface area is 204 Å². The largest absolute Gasteiger partial charge is 0.497 e. The van der Waals surface area contributed by atoms with E-state index in [2.05, 4.69) is 0 Å². The zero-order chi connectivity index (χ0) is 25.6. The zero-order valence-corrected chi connectivity index (χ0v) is 20.7. The Kier molecular flexibility index (Phi) is 6.83. The number of carbonyl (C=O) groups is 1. The van der Waals surface area contributed by atoms with E-state index in [4.69, 9.17) is 9.47 Å². The number of aliphatic carboxylic acids is 1. The molecule has 1 heterocycles. The summed E-state index contributed by atoms with van der Waals surface area (Å²) in [4.78, 5) is 13.3. The molecule has 1 aromatic carbocycles. The summed E-state index contributed by atoms with van der Waals surface area (Å²) in [6.07, 6.45) is 3.07. The molecule has 3 unspecified atom stereocenters. The highest BCUT2D eigenvalue weighted by Gasteiger charge is 2.55. The van der Waals surface area contributed by atoms with Crippen LogP contribution in [0, 0.1) is 17.3 Å². The van der Waals surface area contributed by atoms with Crippen LogP contribution in [-0.4, -0.2) is 53.8 Å². The smallest absolute Gasteiger partial charge is 0.317 e. The van der Waals surface area contributed by atoms with E-state index in [1.807, 2.05) is 32.9 Å². The van der Waals surface area contributed by atoms with Gasteiger partial charge in [-0.05, 0) is 53.5 Å². The van der Waals surface area contributed by atoms with Crippen molar-refractivity contribution in [2.75, 3.05) is 20.2 Å². The third-order valence-corrected chi connectivity index (χ3v) is 7.17. The second-order valence-electron chi connectivity index (χ2n) is 11.0. The molecule has 8 heteroatoms. The molecular weight excluding hydrogens is 459 g/mol. The molecule has 3 aliphatic rings. The van der Waals surface area contributed by atoms with Crippen molar-refractivity contribution in [1.29, 1.82) is 0 Å². The monoisotopic (exact) mass is 493 g/mol. The molecule has 1 saturated heterocycles. The van der Waals surface area contributed by atoms with Crippen molar-refractivity contribution < 1.29 is 32.5 Å². The van der Waals surface area contributed by atoms with Gasteiger partial charge in [-0.15, -0.1) is 0 Å². The lowest BCUT2D eigenvalue weighted by atomic mass is 9.66. The fourth-order valence-electron chi connectivity index (χ4n) is 5.29. The minimum atomic E-state index is -2.97. The number of likely N-dealkylation sites (tertiary alicyclic amines) is 1. The summed E-state index contributed by atoms with van der Waals surface area (Å²) in [7, 11) is 1.57. The molecule has 1 N–H and O–H groups in total. The average Bonchev–Trinajstić information content (AvgIpc) is 3.57. The number of piperidine rings is 1. The third kappa shape index (κ3) is 5.43. The van der Waals surface area contributed by atoms with Crippen molar-refractivity contribution in [3.8, 4) is 5.75 Å². The van der Waals surface area contributed by atoms with Gasteiger partial charge in [-0.2, -0.15) is 0 Å². The minimum Gasteiger partial charge on any atom is -0.497 e. The van der Waals surface area contributed by atoms with Crippen LogP contribution in [0.5, 0.6) is 5.75 Å². The Hall–Kier alpha value is -2.32. The fraction of sp³-hybridized carbons (Fsp3) is 0.593. The van der Waals surface area contributed by atoms with Gasteiger partial charge in [-0.25, -0.2) is 13.2 Å². The first-order valence-electron chi connectivity index (χ1n) is 12.1. The van der Waals surface area contributed by atoms with Crippen LogP contribution in [0.1, 0.15) is 45.6 Å². The van der Waals surface area contributed by atoms with Gasteiger partial charge in [0.2, 0.25) is 0 Å². The lowest BCUT2D eigenvalue weighted by molar-refractivity contribution is -0.174. The van der Waals surface area contributed by atoms with E-state index in [1.54, 1.807) is 24.1 Å². The highest BCUT2D eigenvalue weighted by molar-refractivity contribution is 5.76. The van der Waals surface area contributed by atoms with Gasteiger partial charge >= 0.3 is 5.97 Å². The van der Waals surface area contributed by atoms with Crippen LogP contribution < -0.4 is 4.74 Å².